The van der Waals surface area contributed by atoms with Crippen molar-refractivity contribution < 1.29 is 4.43 Å². The van der Waals surface area contributed by atoms with E-state index >= 15 is 0 Å². The van der Waals surface area contributed by atoms with Crippen molar-refractivity contribution in [1.29, 1.82) is 0 Å². The molecule has 0 atom stereocenters. The standard InChI is InChI=1S/C20H26BrNOSi/c1-15-7-11-18(12-8-15)22-14-16-9-10-17(21)13-19(16)23-24(5,6)20(2,3)4/h7-14H,1-6H3. The molecule has 2 aromatic carbocycles. The quantitative estimate of drug-likeness (QED) is 0.402. The number of halogens is 1. The Balaban J connectivity index is 2.32. The molecule has 0 bridgehead atoms. The molecule has 0 radical (unpaired) electrons. The van der Waals surface area contributed by atoms with Gasteiger partial charge in [0.15, 0.2) is 0 Å². The van der Waals surface area contributed by atoms with Crippen LogP contribution in [-0.2, 0) is 0 Å². The zero-order valence-electron chi connectivity index (χ0n) is 15.4. The molecule has 0 heterocycles. The summed E-state index contributed by atoms with van der Waals surface area (Å²) in [6, 6.07) is 14.3. The molecule has 2 aromatic rings. The van der Waals surface area contributed by atoms with Gasteiger partial charge >= 0.3 is 0 Å². The summed E-state index contributed by atoms with van der Waals surface area (Å²) >= 11 is 3.55. The van der Waals surface area contributed by atoms with Gasteiger partial charge in [0.1, 0.15) is 5.75 Å². The highest BCUT2D eigenvalue weighted by Crippen LogP contribution is 2.38. The van der Waals surface area contributed by atoms with E-state index in [9.17, 15) is 0 Å². The second-order valence-corrected chi connectivity index (χ2v) is 13.3. The number of nitrogens with zero attached hydrogens (tertiary/aromatic N) is 1. The molecule has 0 amide bonds. The van der Waals surface area contributed by atoms with Crippen molar-refractivity contribution in [3.63, 3.8) is 0 Å². The monoisotopic (exact) mass is 403 g/mol. The highest BCUT2D eigenvalue weighted by molar-refractivity contribution is 9.10. The van der Waals surface area contributed by atoms with Crippen LogP contribution in [0.5, 0.6) is 5.75 Å². The minimum Gasteiger partial charge on any atom is -0.543 e. The van der Waals surface area contributed by atoms with Crippen LogP contribution in [0, 0.1) is 6.92 Å². The average molecular weight is 404 g/mol. The lowest BCUT2D eigenvalue weighted by Gasteiger charge is -2.36. The lowest BCUT2D eigenvalue weighted by molar-refractivity contribution is 0.491. The van der Waals surface area contributed by atoms with Crippen LogP contribution in [0.2, 0.25) is 18.1 Å². The minimum absolute atomic E-state index is 0.153. The first-order valence-electron chi connectivity index (χ1n) is 8.18. The lowest BCUT2D eigenvalue weighted by Crippen LogP contribution is -2.44. The summed E-state index contributed by atoms with van der Waals surface area (Å²) in [5, 5.41) is 0.153. The fourth-order valence-corrected chi connectivity index (χ4v) is 3.28. The lowest BCUT2D eigenvalue weighted by atomic mass is 10.2. The van der Waals surface area contributed by atoms with E-state index in [-0.39, 0.29) is 5.04 Å². The molecular formula is C20H26BrNOSi. The predicted molar refractivity (Wildman–Crippen MR) is 110 cm³/mol. The van der Waals surface area contributed by atoms with Gasteiger partial charge in [0, 0.05) is 16.3 Å². The van der Waals surface area contributed by atoms with Gasteiger partial charge in [0.25, 0.3) is 8.32 Å². The van der Waals surface area contributed by atoms with Crippen molar-refractivity contribution in [3.05, 3.63) is 58.1 Å². The van der Waals surface area contributed by atoms with Gasteiger partial charge in [0.2, 0.25) is 0 Å². The maximum atomic E-state index is 6.50. The van der Waals surface area contributed by atoms with Crippen LogP contribution in [0.25, 0.3) is 0 Å². The van der Waals surface area contributed by atoms with E-state index in [2.05, 4.69) is 73.8 Å². The van der Waals surface area contributed by atoms with E-state index in [1.807, 2.05) is 36.5 Å². The number of hydrogen-bond acceptors (Lipinski definition) is 2. The van der Waals surface area contributed by atoms with Gasteiger partial charge in [-0.3, -0.25) is 4.99 Å². The maximum absolute atomic E-state index is 6.50. The van der Waals surface area contributed by atoms with Crippen molar-refractivity contribution in [1.82, 2.24) is 0 Å². The molecule has 0 unspecified atom stereocenters. The third kappa shape index (κ3) is 4.80. The van der Waals surface area contributed by atoms with Crippen molar-refractivity contribution in [3.8, 4) is 5.75 Å². The van der Waals surface area contributed by atoms with Gasteiger partial charge in [-0.1, -0.05) is 54.4 Å². The SMILES string of the molecule is Cc1ccc(N=Cc2ccc(Br)cc2O[Si](C)(C)C(C)(C)C)cc1. The molecule has 0 aliphatic heterocycles. The zero-order valence-corrected chi connectivity index (χ0v) is 17.9. The van der Waals surface area contributed by atoms with Crippen molar-refractivity contribution in [2.75, 3.05) is 0 Å². The Morgan fingerprint density at radius 3 is 2.25 bits per heavy atom. The molecular weight excluding hydrogens is 378 g/mol. The molecule has 0 spiro atoms. The maximum Gasteiger partial charge on any atom is 0.250 e. The summed E-state index contributed by atoms with van der Waals surface area (Å²) < 4.78 is 7.52. The van der Waals surface area contributed by atoms with Gasteiger partial charge in [-0.05, 0) is 55.4 Å². The summed E-state index contributed by atoms with van der Waals surface area (Å²) in [5.41, 5.74) is 3.19. The zero-order chi connectivity index (χ0) is 18.0. The highest BCUT2D eigenvalue weighted by Gasteiger charge is 2.39. The number of benzene rings is 2. The van der Waals surface area contributed by atoms with Crippen molar-refractivity contribution >= 4 is 36.1 Å². The molecule has 0 saturated heterocycles. The van der Waals surface area contributed by atoms with Gasteiger partial charge in [-0.15, -0.1) is 0 Å². The molecule has 0 fully saturated rings. The topological polar surface area (TPSA) is 21.6 Å². The van der Waals surface area contributed by atoms with Crippen LogP contribution >= 0.6 is 15.9 Å². The Morgan fingerprint density at radius 2 is 1.67 bits per heavy atom. The number of aliphatic imine (C=N–C) groups is 1. The van der Waals surface area contributed by atoms with Crippen molar-refractivity contribution in [2.45, 2.75) is 45.8 Å². The summed E-state index contributed by atoms with van der Waals surface area (Å²) in [5.74, 6) is 0.895. The van der Waals surface area contributed by atoms with Gasteiger partial charge < -0.3 is 4.43 Å². The molecule has 2 nitrogen and oxygen atoms in total. The van der Waals surface area contributed by atoms with Gasteiger partial charge in [-0.2, -0.15) is 0 Å². The van der Waals surface area contributed by atoms with E-state index in [1.165, 1.54) is 5.56 Å². The fraction of sp³-hybridized carbons (Fsp3) is 0.350. The van der Waals surface area contributed by atoms with E-state index in [0.29, 0.717) is 0 Å². The summed E-state index contributed by atoms with van der Waals surface area (Å²) in [7, 11) is -1.90. The van der Waals surface area contributed by atoms with Crippen LogP contribution < -0.4 is 4.43 Å². The van der Waals surface area contributed by atoms with E-state index in [0.717, 1.165) is 21.5 Å². The number of rotatable bonds is 4. The Morgan fingerprint density at radius 1 is 1.04 bits per heavy atom. The molecule has 0 saturated carbocycles. The first-order chi connectivity index (χ1) is 11.1. The minimum atomic E-state index is -1.90. The molecule has 0 aliphatic carbocycles. The Labute approximate surface area is 155 Å². The van der Waals surface area contributed by atoms with Crippen molar-refractivity contribution in [2.24, 2.45) is 4.99 Å². The number of aryl methyl sites for hydroxylation is 1. The molecule has 0 aromatic heterocycles. The Kier molecular flexibility index (Phi) is 5.71. The highest BCUT2D eigenvalue weighted by atomic mass is 79.9. The Bertz CT molecular complexity index is 730. The van der Waals surface area contributed by atoms with Crippen LogP contribution in [0.4, 0.5) is 5.69 Å². The van der Waals surface area contributed by atoms with Crippen LogP contribution in [0.3, 0.4) is 0 Å². The first-order valence-corrected chi connectivity index (χ1v) is 11.9. The molecule has 2 rings (SSSR count). The second kappa shape index (κ2) is 7.24. The smallest absolute Gasteiger partial charge is 0.250 e. The fourth-order valence-electron chi connectivity index (χ4n) is 1.91. The largest absolute Gasteiger partial charge is 0.543 e. The van der Waals surface area contributed by atoms with E-state index in [1.54, 1.807) is 0 Å². The number of hydrogen-bond donors (Lipinski definition) is 0. The van der Waals surface area contributed by atoms with Crippen LogP contribution in [-0.4, -0.2) is 14.5 Å². The van der Waals surface area contributed by atoms with Crippen LogP contribution in [0.1, 0.15) is 31.9 Å². The molecule has 24 heavy (non-hydrogen) atoms. The van der Waals surface area contributed by atoms with Crippen LogP contribution in [0.15, 0.2) is 51.9 Å². The summed E-state index contributed by atoms with van der Waals surface area (Å²) in [6.45, 7) is 13.3. The van der Waals surface area contributed by atoms with E-state index < -0.39 is 8.32 Å². The predicted octanol–water partition coefficient (Wildman–Crippen LogP) is 6.89. The second-order valence-electron chi connectivity index (χ2n) is 7.64. The molecule has 4 heteroatoms. The van der Waals surface area contributed by atoms with Gasteiger partial charge in [-0.25, -0.2) is 0 Å². The molecule has 0 aliphatic rings. The van der Waals surface area contributed by atoms with Gasteiger partial charge in [0.05, 0.1) is 5.69 Å². The third-order valence-electron chi connectivity index (χ3n) is 4.53. The summed E-state index contributed by atoms with van der Waals surface area (Å²) in [6.07, 6.45) is 1.89. The van der Waals surface area contributed by atoms with E-state index in [4.69, 9.17) is 4.43 Å². The molecule has 128 valence electrons. The Hall–Kier alpha value is -1.39. The molecule has 0 N–H and O–H groups in total. The summed E-state index contributed by atoms with van der Waals surface area (Å²) in [4.78, 5) is 4.60. The average Bonchev–Trinajstić information content (AvgIpc) is 2.46. The third-order valence-corrected chi connectivity index (χ3v) is 9.37. The normalized spacial score (nSPS) is 12.6. The first kappa shape index (κ1) is 18.9.